The summed E-state index contributed by atoms with van der Waals surface area (Å²) in [5, 5.41) is 46.4. The van der Waals surface area contributed by atoms with Crippen molar-refractivity contribution in [2.45, 2.75) is 50.4 Å². The molecule has 1 aliphatic rings. The highest BCUT2D eigenvalue weighted by Crippen LogP contribution is 2.34. The molecule has 3 aromatic carbocycles. The standard InChI is InChI=1S/C28H31ClN2O7/c1-2-37-22-10-5-17(6-11-22)13-20-14-19(7-12-23(20)29)28-27(34)26(33)25(32)24(38-28)16-30-15-18-3-8-21(9-4-18)31(35)36/h3-12,14,24-28,30,32-34H,2,13,15-16H2,1H3/t24-,25-,26+,27-,28+/m1/s1. The molecule has 4 N–H and O–H groups in total. The van der Waals surface area contributed by atoms with Gasteiger partial charge in [-0.3, -0.25) is 10.1 Å². The average molecular weight is 543 g/mol. The molecular weight excluding hydrogens is 512 g/mol. The lowest BCUT2D eigenvalue weighted by Gasteiger charge is -2.41. The zero-order valence-electron chi connectivity index (χ0n) is 20.9. The molecule has 0 radical (unpaired) electrons. The maximum Gasteiger partial charge on any atom is 0.269 e. The van der Waals surface area contributed by atoms with Crippen molar-refractivity contribution in [3.63, 3.8) is 0 Å². The summed E-state index contributed by atoms with van der Waals surface area (Å²) >= 11 is 6.47. The molecule has 4 rings (SSSR count). The van der Waals surface area contributed by atoms with Crippen molar-refractivity contribution in [3.05, 3.63) is 104 Å². The molecule has 202 valence electrons. The van der Waals surface area contributed by atoms with Crippen LogP contribution in [0.15, 0.2) is 66.7 Å². The van der Waals surface area contributed by atoms with Crippen LogP contribution < -0.4 is 10.1 Å². The third-order valence-electron chi connectivity index (χ3n) is 6.56. The van der Waals surface area contributed by atoms with Gasteiger partial charge in [-0.15, -0.1) is 0 Å². The minimum Gasteiger partial charge on any atom is -0.494 e. The molecule has 9 nitrogen and oxygen atoms in total. The fourth-order valence-corrected chi connectivity index (χ4v) is 4.67. The highest BCUT2D eigenvalue weighted by Gasteiger charge is 2.44. The highest BCUT2D eigenvalue weighted by molar-refractivity contribution is 6.31. The quantitative estimate of drug-likeness (QED) is 0.226. The van der Waals surface area contributed by atoms with E-state index >= 15 is 0 Å². The zero-order chi connectivity index (χ0) is 27.2. The molecule has 0 spiro atoms. The van der Waals surface area contributed by atoms with Gasteiger partial charge in [0.25, 0.3) is 5.69 Å². The molecule has 5 atom stereocenters. The van der Waals surface area contributed by atoms with Gasteiger partial charge in [-0.05, 0) is 53.8 Å². The zero-order valence-corrected chi connectivity index (χ0v) is 21.6. The van der Waals surface area contributed by atoms with E-state index in [1.165, 1.54) is 12.1 Å². The Hall–Kier alpha value is -3.05. The Kier molecular flexibility index (Phi) is 9.32. The largest absolute Gasteiger partial charge is 0.494 e. The highest BCUT2D eigenvalue weighted by atomic mass is 35.5. The first kappa shape index (κ1) is 28.0. The van der Waals surface area contributed by atoms with E-state index in [0.29, 0.717) is 30.2 Å². The van der Waals surface area contributed by atoms with Crippen molar-refractivity contribution in [1.82, 2.24) is 5.32 Å². The van der Waals surface area contributed by atoms with Gasteiger partial charge in [-0.25, -0.2) is 0 Å². The maximum absolute atomic E-state index is 10.8. The number of nitrogens with zero attached hydrogens (tertiary/aromatic N) is 1. The second kappa shape index (κ2) is 12.7. The topological polar surface area (TPSA) is 134 Å². The number of nitro groups is 1. The molecule has 0 bridgehead atoms. The van der Waals surface area contributed by atoms with Gasteiger partial charge in [0.05, 0.1) is 17.6 Å². The normalized spacial score (nSPS) is 23.2. The lowest BCUT2D eigenvalue weighted by atomic mass is 9.90. The fourth-order valence-electron chi connectivity index (χ4n) is 4.49. The molecule has 0 unspecified atom stereocenters. The molecule has 3 aromatic rings. The number of aliphatic hydroxyl groups is 3. The van der Waals surface area contributed by atoms with Crippen LogP contribution in [0.3, 0.4) is 0 Å². The van der Waals surface area contributed by atoms with Crippen molar-refractivity contribution in [2.24, 2.45) is 0 Å². The van der Waals surface area contributed by atoms with Crippen LogP contribution in [0.5, 0.6) is 5.75 Å². The van der Waals surface area contributed by atoms with E-state index in [9.17, 15) is 25.4 Å². The second-order valence-corrected chi connectivity index (χ2v) is 9.63. The molecule has 0 aromatic heterocycles. The second-order valence-electron chi connectivity index (χ2n) is 9.23. The number of aliphatic hydroxyl groups excluding tert-OH is 3. The minimum atomic E-state index is -1.41. The van der Waals surface area contributed by atoms with Crippen LogP contribution in [-0.2, 0) is 17.7 Å². The lowest BCUT2D eigenvalue weighted by molar-refractivity contribution is -0.384. The number of hydrogen-bond donors (Lipinski definition) is 4. The van der Waals surface area contributed by atoms with E-state index in [1.807, 2.05) is 37.3 Å². The summed E-state index contributed by atoms with van der Waals surface area (Å²) in [6.45, 7) is 3.08. The van der Waals surface area contributed by atoms with Crippen LogP contribution in [0.25, 0.3) is 0 Å². The van der Waals surface area contributed by atoms with Gasteiger partial charge in [0, 0.05) is 30.2 Å². The van der Waals surface area contributed by atoms with E-state index in [-0.39, 0.29) is 12.2 Å². The molecule has 0 amide bonds. The Labute approximate surface area is 225 Å². The van der Waals surface area contributed by atoms with Crippen LogP contribution in [-0.4, -0.2) is 57.8 Å². The number of non-ortho nitro benzene ring substituents is 1. The Balaban J connectivity index is 1.44. The van der Waals surface area contributed by atoms with E-state index < -0.39 is 35.4 Å². The van der Waals surface area contributed by atoms with E-state index in [2.05, 4.69) is 5.32 Å². The molecule has 1 heterocycles. The molecule has 0 aliphatic carbocycles. The average Bonchev–Trinajstić information content (AvgIpc) is 2.91. The molecule has 38 heavy (non-hydrogen) atoms. The van der Waals surface area contributed by atoms with Crippen LogP contribution in [0, 0.1) is 10.1 Å². The van der Waals surface area contributed by atoms with Gasteiger partial charge in [0.2, 0.25) is 0 Å². The maximum atomic E-state index is 10.8. The van der Waals surface area contributed by atoms with E-state index in [0.717, 1.165) is 22.4 Å². The van der Waals surface area contributed by atoms with Crippen molar-refractivity contribution in [2.75, 3.05) is 13.2 Å². The van der Waals surface area contributed by atoms with Crippen LogP contribution in [0.1, 0.15) is 35.3 Å². The smallest absolute Gasteiger partial charge is 0.269 e. The van der Waals surface area contributed by atoms with Gasteiger partial charge in [0.15, 0.2) is 0 Å². The van der Waals surface area contributed by atoms with Gasteiger partial charge in [0.1, 0.15) is 30.2 Å². The van der Waals surface area contributed by atoms with Gasteiger partial charge >= 0.3 is 0 Å². The van der Waals surface area contributed by atoms with Gasteiger partial charge < -0.3 is 30.1 Å². The van der Waals surface area contributed by atoms with E-state index in [4.69, 9.17) is 21.1 Å². The molecule has 0 saturated carbocycles. The Morgan fingerprint density at radius 1 is 0.974 bits per heavy atom. The summed E-state index contributed by atoms with van der Waals surface area (Å²) < 4.78 is 11.6. The third-order valence-corrected chi connectivity index (χ3v) is 6.93. The summed E-state index contributed by atoms with van der Waals surface area (Å²) in [5.41, 5.74) is 3.31. The number of nitro benzene ring substituents is 1. The number of rotatable bonds is 10. The summed E-state index contributed by atoms with van der Waals surface area (Å²) in [5.74, 6) is 0.788. The van der Waals surface area contributed by atoms with Crippen molar-refractivity contribution >= 4 is 17.3 Å². The molecule has 10 heteroatoms. The number of benzene rings is 3. The molecule has 1 saturated heterocycles. The Morgan fingerprint density at radius 3 is 2.32 bits per heavy atom. The first-order valence-corrected chi connectivity index (χ1v) is 12.8. The Morgan fingerprint density at radius 2 is 1.66 bits per heavy atom. The minimum absolute atomic E-state index is 0.00426. The lowest BCUT2D eigenvalue weighted by Crippen LogP contribution is -2.56. The van der Waals surface area contributed by atoms with Crippen LogP contribution >= 0.6 is 11.6 Å². The first-order valence-electron chi connectivity index (χ1n) is 12.4. The van der Waals surface area contributed by atoms with Crippen molar-refractivity contribution in [1.29, 1.82) is 0 Å². The summed E-state index contributed by atoms with van der Waals surface area (Å²) in [6.07, 6.45) is -5.19. The summed E-state index contributed by atoms with van der Waals surface area (Å²) in [6, 6.07) is 19.2. The predicted octanol–water partition coefficient (Wildman–Crippen LogP) is 3.55. The number of nitrogens with one attached hydrogen (secondary N) is 1. The predicted molar refractivity (Wildman–Crippen MR) is 142 cm³/mol. The van der Waals surface area contributed by atoms with Crippen molar-refractivity contribution < 1.29 is 29.7 Å². The molecule has 1 aliphatic heterocycles. The SMILES string of the molecule is CCOc1ccc(Cc2cc([C@@H]3O[C@H](CNCc4ccc([N+](=O)[O-])cc4)[C@@H](O)[C@H](O)[C@H]3O)ccc2Cl)cc1. The number of halogens is 1. The first-order chi connectivity index (χ1) is 18.3. The van der Waals surface area contributed by atoms with Crippen LogP contribution in [0.2, 0.25) is 5.02 Å². The molecule has 1 fully saturated rings. The fraction of sp³-hybridized carbons (Fsp3) is 0.357. The number of ether oxygens (including phenoxy) is 2. The number of hydrogen-bond acceptors (Lipinski definition) is 8. The molecular formula is C28H31ClN2O7. The Bertz CT molecular complexity index is 1220. The van der Waals surface area contributed by atoms with Gasteiger partial charge in [-0.1, -0.05) is 48.0 Å². The van der Waals surface area contributed by atoms with E-state index in [1.54, 1.807) is 24.3 Å². The summed E-state index contributed by atoms with van der Waals surface area (Å²) in [7, 11) is 0. The van der Waals surface area contributed by atoms with Gasteiger partial charge in [-0.2, -0.15) is 0 Å². The summed E-state index contributed by atoms with van der Waals surface area (Å²) in [4.78, 5) is 10.4. The van der Waals surface area contributed by atoms with Crippen molar-refractivity contribution in [3.8, 4) is 5.75 Å². The monoisotopic (exact) mass is 542 g/mol. The third kappa shape index (κ3) is 6.68. The van der Waals surface area contributed by atoms with Crippen LogP contribution in [0.4, 0.5) is 5.69 Å².